The number of fused-ring (bicyclic) bond motifs is 1. The Morgan fingerprint density at radius 2 is 2.00 bits per heavy atom. The van der Waals surface area contributed by atoms with Gasteiger partial charge in [0.2, 0.25) is 0 Å². The summed E-state index contributed by atoms with van der Waals surface area (Å²) < 4.78 is 6.89. The minimum atomic E-state index is -0.411. The van der Waals surface area contributed by atoms with Gasteiger partial charge in [-0.15, -0.1) is 0 Å². The van der Waals surface area contributed by atoms with Gasteiger partial charge in [-0.3, -0.25) is 13.9 Å². The van der Waals surface area contributed by atoms with E-state index in [-0.39, 0.29) is 11.2 Å². The minimum Gasteiger partial charge on any atom is -0.362 e. The Balaban J connectivity index is 3.21. The van der Waals surface area contributed by atoms with Crippen LogP contribution in [-0.2, 0) is 14.1 Å². The summed E-state index contributed by atoms with van der Waals surface area (Å²) in [7, 11) is 2.95. The molecule has 0 atom stereocenters. The van der Waals surface area contributed by atoms with Crippen molar-refractivity contribution in [1.29, 1.82) is 0 Å². The lowest BCUT2D eigenvalue weighted by Crippen LogP contribution is -2.36. The van der Waals surface area contributed by atoms with Gasteiger partial charge in [-0.25, -0.2) is 4.79 Å². The zero-order chi connectivity index (χ0) is 9.59. The maximum Gasteiger partial charge on any atom is 0.332 e. The third-order valence-corrected chi connectivity index (χ3v) is 1.98. The molecule has 2 aromatic heterocycles. The highest BCUT2D eigenvalue weighted by molar-refractivity contribution is 5.71. The zero-order valence-electron chi connectivity index (χ0n) is 7.14. The summed E-state index contributed by atoms with van der Waals surface area (Å²) in [6.07, 6.45) is 1.23. The molecular formula is C7H7N3O3. The van der Waals surface area contributed by atoms with Gasteiger partial charge < -0.3 is 4.52 Å². The van der Waals surface area contributed by atoms with Crippen LogP contribution in [0.3, 0.4) is 0 Å². The summed E-state index contributed by atoms with van der Waals surface area (Å²) >= 11 is 0. The standard InChI is InChI=1S/C7H7N3O3/c1-9-5-4(3-13-8-5)6(11)10(2)7(9)12/h3H,1-2H3. The number of hydrogen-bond acceptors (Lipinski definition) is 4. The van der Waals surface area contributed by atoms with Crippen LogP contribution in [0, 0.1) is 0 Å². The van der Waals surface area contributed by atoms with E-state index in [1.807, 2.05) is 0 Å². The van der Waals surface area contributed by atoms with E-state index in [0.717, 1.165) is 4.57 Å². The molecule has 2 aromatic rings. The highest BCUT2D eigenvalue weighted by atomic mass is 16.5. The first-order chi connectivity index (χ1) is 6.13. The quantitative estimate of drug-likeness (QED) is 0.534. The van der Waals surface area contributed by atoms with E-state index in [1.165, 1.54) is 24.9 Å². The molecule has 0 aliphatic carbocycles. The zero-order valence-corrected chi connectivity index (χ0v) is 7.14. The first-order valence-electron chi connectivity index (χ1n) is 3.63. The third-order valence-electron chi connectivity index (χ3n) is 1.98. The third kappa shape index (κ3) is 0.851. The fourth-order valence-electron chi connectivity index (χ4n) is 1.20. The molecule has 6 heteroatoms. The maximum absolute atomic E-state index is 11.4. The molecule has 0 bridgehead atoms. The van der Waals surface area contributed by atoms with Crippen molar-refractivity contribution in [2.24, 2.45) is 14.1 Å². The minimum absolute atomic E-state index is 0.271. The van der Waals surface area contributed by atoms with E-state index in [2.05, 4.69) is 9.68 Å². The first-order valence-corrected chi connectivity index (χ1v) is 3.63. The van der Waals surface area contributed by atoms with Gasteiger partial charge in [0.15, 0.2) is 5.65 Å². The average molecular weight is 181 g/mol. The van der Waals surface area contributed by atoms with Crippen LogP contribution in [0.1, 0.15) is 0 Å². The molecule has 6 nitrogen and oxygen atoms in total. The molecule has 2 rings (SSSR count). The van der Waals surface area contributed by atoms with Crippen molar-refractivity contribution in [2.75, 3.05) is 0 Å². The fourth-order valence-corrected chi connectivity index (χ4v) is 1.20. The lowest BCUT2D eigenvalue weighted by molar-refractivity contribution is 0.424. The van der Waals surface area contributed by atoms with Gasteiger partial charge in [0.1, 0.15) is 11.6 Å². The monoisotopic (exact) mass is 181 g/mol. The van der Waals surface area contributed by atoms with Crippen LogP contribution in [0.15, 0.2) is 20.4 Å². The second kappa shape index (κ2) is 2.32. The first kappa shape index (κ1) is 7.78. The SMILES string of the molecule is Cn1c(=O)c2conc2n(C)c1=O. The summed E-state index contributed by atoms with van der Waals surface area (Å²) in [5.41, 5.74) is -0.529. The number of hydrogen-bond donors (Lipinski definition) is 0. The molecule has 0 N–H and O–H groups in total. The van der Waals surface area contributed by atoms with Crippen LogP contribution in [0.25, 0.3) is 11.0 Å². The van der Waals surface area contributed by atoms with Crippen molar-refractivity contribution < 1.29 is 4.52 Å². The molecule has 0 aromatic carbocycles. The Labute approximate surface area is 72.0 Å². The Morgan fingerprint density at radius 3 is 2.69 bits per heavy atom. The van der Waals surface area contributed by atoms with E-state index in [4.69, 9.17) is 0 Å². The predicted molar refractivity (Wildman–Crippen MR) is 44.5 cm³/mol. The van der Waals surface area contributed by atoms with Crippen molar-refractivity contribution in [3.05, 3.63) is 27.1 Å². The van der Waals surface area contributed by atoms with Crippen LogP contribution in [-0.4, -0.2) is 14.3 Å². The van der Waals surface area contributed by atoms with Gasteiger partial charge in [0, 0.05) is 14.1 Å². The van der Waals surface area contributed by atoms with E-state index in [0.29, 0.717) is 5.39 Å². The van der Waals surface area contributed by atoms with Gasteiger partial charge in [-0.1, -0.05) is 5.16 Å². The highest BCUT2D eigenvalue weighted by Gasteiger charge is 2.10. The predicted octanol–water partition coefficient (Wildman–Crippen LogP) is -0.775. The Hall–Kier alpha value is -1.85. The number of aryl methyl sites for hydroxylation is 1. The molecule has 0 unspecified atom stereocenters. The second-order valence-corrected chi connectivity index (χ2v) is 2.76. The fraction of sp³-hybridized carbons (Fsp3) is 0.286. The number of aromatic nitrogens is 3. The number of rotatable bonds is 0. The lowest BCUT2D eigenvalue weighted by atomic mass is 10.4. The highest BCUT2D eigenvalue weighted by Crippen LogP contribution is 2.01. The van der Waals surface area contributed by atoms with Crippen molar-refractivity contribution in [3.63, 3.8) is 0 Å². The Bertz CT molecular complexity index is 575. The molecular weight excluding hydrogens is 174 g/mol. The van der Waals surface area contributed by atoms with Crippen LogP contribution < -0.4 is 11.2 Å². The summed E-state index contributed by atoms with van der Waals surface area (Å²) in [6, 6.07) is 0. The van der Waals surface area contributed by atoms with Gasteiger partial charge in [0.05, 0.1) is 0 Å². The van der Waals surface area contributed by atoms with Gasteiger partial charge in [-0.2, -0.15) is 0 Å². The molecule has 0 saturated carbocycles. The molecule has 13 heavy (non-hydrogen) atoms. The summed E-state index contributed by atoms with van der Waals surface area (Å²) in [5.74, 6) is 0. The summed E-state index contributed by atoms with van der Waals surface area (Å²) in [5, 5.41) is 3.87. The smallest absolute Gasteiger partial charge is 0.332 e. The summed E-state index contributed by atoms with van der Waals surface area (Å²) in [4.78, 5) is 22.8. The molecule has 0 aliphatic heterocycles. The molecule has 2 heterocycles. The summed E-state index contributed by atoms with van der Waals surface area (Å²) in [6.45, 7) is 0. The van der Waals surface area contributed by atoms with Crippen LogP contribution in [0.5, 0.6) is 0 Å². The molecule has 0 spiro atoms. The van der Waals surface area contributed by atoms with Gasteiger partial charge in [-0.05, 0) is 0 Å². The van der Waals surface area contributed by atoms with Crippen molar-refractivity contribution in [2.45, 2.75) is 0 Å². The van der Waals surface area contributed by atoms with Crippen molar-refractivity contribution >= 4 is 11.0 Å². The van der Waals surface area contributed by atoms with E-state index in [1.54, 1.807) is 0 Å². The lowest BCUT2D eigenvalue weighted by Gasteiger charge is -1.99. The maximum atomic E-state index is 11.4. The van der Waals surface area contributed by atoms with Crippen molar-refractivity contribution in [3.8, 4) is 0 Å². The number of nitrogens with zero attached hydrogens (tertiary/aromatic N) is 3. The molecule has 0 aliphatic rings. The molecule has 0 saturated heterocycles. The largest absolute Gasteiger partial charge is 0.362 e. The van der Waals surface area contributed by atoms with Gasteiger partial charge >= 0.3 is 5.69 Å². The van der Waals surface area contributed by atoms with Crippen LogP contribution in [0.4, 0.5) is 0 Å². The normalized spacial score (nSPS) is 10.9. The van der Waals surface area contributed by atoms with Crippen LogP contribution in [0.2, 0.25) is 0 Å². The van der Waals surface area contributed by atoms with E-state index in [9.17, 15) is 9.59 Å². The van der Waals surface area contributed by atoms with Crippen molar-refractivity contribution in [1.82, 2.24) is 14.3 Å². The van der Waals surface area contributed by atoms with Crippen LogP contribution >= 0.6 is 0 Å². The van der Waals surface area contributed by atoms with E-state index >= 15 is 0 Å². The topological polar surface area (TPSA) is 70.0 Å². The Morgan fingerprint density at radius 1 is 1.31 bits per heavy atom. The Kier molecular flexibility index (Phi) is 1.39. The van der Waals surface area contributed by atoms with E-state index < -0.39 is 5.69 Å². The van der Waals surface area contributed by atoms with Gasteiger partial charge in [0.25, 0.3) is 5.56 Å². The average Bonchev–Trinajstić information content (AvgIpc) is 2.59. The molecule has 0 amide bonds. The molecule has 0 radical (unpaired) electrons. The molecule has 0 fully saturated rings. The molecule has 68 valence electrons. The second-order valence-electron chi connectivity index (χ2n) is 2.76.